The summed E-state index contributed by atoms with van der Waals surface area (Å²) >= 11 is 0. The summed E-state index contributed by atoms with van der Waals surface area (Å²) in [5, 5.41) is 1.18. The van der Waals surface area contributed by atoms with Crippen LogP contribution in [0.25, 0.3) is 10.9 Å². The first-order chi connectivity index (χ1) is 8.08. The van der Waals surface area contributed by atoms with E-state index in [-0.39, 0.29) is 6.04 Å². The highest BCUT2D eigenvalue weighted by Crippen LogP contribution is 2.21. The van der Waals surface area contributed by atoms with Crippen LogP contribution in [0.5, 0.6) is 0 Å². The summed E-state index contributed by atoms with van der Waals surface area (Å²) in [4.78, 5) is 6.82. The molecule has 0 saturated heterocycles. The van der Waals surface area contributed by atoms with Crippen molar-refractivity contribution in [2.75, 3.05) is 18.5 Å². The average molecular weight is 229 g/mol. The number of hydrogen-bond acceptors (Lipinski definition) is 3. The lowest BCUT2D eigenvalue weighted by atomic mass is 10.1. The monoisotopic (exact) mass is 229 g/mol. The van der Waals surface area contributed by atoms with Crippen LogP contribution in [-0.2, 0) is 0 Å². The Balaban J connectivity index is 2.43. The molecule has 1 atom stereocenters. The second-order valence-corrected chi connectivity index (χ2v) is 4.68. The number of aromatic nitrogens is 1. The second kappa shape index (κ2) is 4.72. The largest absolute Gasteiger partial charge is 0.358 e. The zero-order valence-corrected chi connectivity index (χ0v) is 10.6. The number of pyridine rings is 1. The minimum Gasteiger partial charge on any atom is -0.358 e. The topological polar surface area (TPSA) is 42.2 Å². The van der Waals surface area contributed by atoms with Crippen LogP contribution in [0, 0.1) is 6.92 Å². The van der Waals surface area contributed by atoms with E-state index >= 15 is 0 Å². The average Bonchev–Trinajstić information content (AvgIpc) is 2.27. The molecule has 0 spiro atoms. The number of rotatable bonds is 3. The maximum atomic E-state index is 5.82. The van der Waals surface area contributed by atoms with E-state index in [1.807, 2.05) is 32.2 Å². The number of nitrogens with zero attached hydrogens (tertiary/aromatic N) is 2. The van der Waals surface area contributed by atoms with Crippen molar-refractivity contribution in [3.63, 3.8) is 0 Å². The van der Waals surface area contributed by atoms with Gasteiger partial charge in [0, 0.05) is 25.0 Å². The van der Waals surface area contributed by atoms with Crippen LogP contribution in [-0.4, -0.2) is 24.6 Å². The fraction of sp³-hybridized carbons (Fsp3) is 0.357. The molecule has 17 heavy (non-hydrogen) atoms. The fourth-order valence-corrected chi connectivity index (χ4v) is 2.12. The Kier molecular flexibility index (Phi) is 3.29. The Labute approximate surface area is 102 Å². The quantitative estimate of drug-likeness (QED) is 0.878. The van der Waals surface area contributed by atoms with Gasteiger partial charge in [-0.3, -0.25) is 0 Å². The lowest BCUT2D eigenvalue weighted by Gasteiger charge is -2.22. The Hall–Kier alpha value is -1.61. The molecule has 1 aromatic carbocycles. The van der Waals surface area contributed by atoms with E-state index in [1.165, 1.54) is 10.9 Å². The summed E-state index contributed by atoms with van der Waals surface area (Å²) in [6.45, 7) is 4.91. The van der Waals surface area contributed by atoms with Crippen LogP contribution in [0.15, 0.2) is 30.3 Å². The van der Waals surface area contributed by atoms with E-state index in [4.69, 9.17) is 10.7 Å². The van der Waals surface area contributed by atoms with E-state index in [0.29, 0.717) is 0 Å². The first-order valence-electron chi connectivity index (χ1n) is 5.91. The predicted octanol–water partition coefficient (Wildman–Crippen LogP) is 2.33. The maximum Gasteiger partial charge on any atom is 0.131 e. The number of nitrogens with two attached hydrogens (primary N) is 1. The SMILES string of the molecule is Cc1cc2ccccc2nc1N(C)CC(C)N. The molecule has 3 heteroatoms. The van der Waals surface area contributed by atoms with Gasteiger partial charge >= 0.3 is 0 Å². The van der Waals surface area contributed by atoms with Crippen LogP contribution in [0.4, 0.5) is 5.82 Å². The molecule has 2 aromatic rings. The molecule has 0 fully saturated rings. The highest BCUT2D eigenvalue weighted by Gasteiger charge is 2.09. The molecule has 3 nitrogen and oxygen atoms in total. The molecule has 0 bridgehead atoms. The van der Waals surface area contributed by atoms with E-state index in [9.17, 15) is 0 Å². The molecule has 90 valence electrons. The standard InChI is InChI=1S/C14H19N3/c1-10-8-12-6-4-5-7-13(12)16-14(10)17(3)9-11(2)15/h4-8,11H,9,15H2,1-3H3. The van der Waals surface area contributed by atoms with Gasteiger partial charge in [0.2, 0.25) is 0 Å². The van der Waals surface area contributed by atoms with Gasteiger partial charge in [-0.2, -0.15) is 0 Å². The molecular weight excluding hydrogens is 210 g/mol. The summed E-state index contributed by atoms with van der Waals surface area (Å²) in [7, 11) is 2.04. The van der Waals surface area contributed by atoms with E-state index < -0.39 is 0 Å². The van der Waals surface area contributed by atoms with Gasteiger partial charge < -0.3 is 10.6 Å². The van der Waals surface area contributed by atoms with Crippen molar-refractivity contribution in [2.45, 2.75) is 19.9 Å². The number of aryl methyl sites for hydroxylation is 1. The van der Waals surface area contributed by atoms with Crippen LogP contribution in [0.2, 0.25) is 0 Å². The number of benzene rings is 1. The summed E-state index contributed by atoms with van der Waals surface area (Å²) in [6.07, 6.45) is 0. The van der Waals surface area contributed by atoms with Crippen LogP contribution < -0.4 is 10.6 Å². The van der Waals surface area contributed by atoms with Crippen molar-refractivity contribution >= 4 is 16.7 Å². The van der Waals surface area contributed by atoms with Gasteiger partial charge in [0.05, 0.1) is 5.52 Å². The van der Waals surface area contributed by atoms with Gasteiger partial charge in [0.15, 0.2) is 0 Å². The highest BCUT2D eigenvalue weighted by atomic mass is 15.2. The van der Waals surface area contributed by atoms with Crippen molar-refractivity contribution in [3.05, 3.63) is 35.9 Å². The molecule has 0 amide bonds. The smallest absolute Gasteiger partial charge is 0.131 e. The van der Waals surface area contributed by atoms with Gasteiger partial charge in [0.25, 0.3) is 0 Å². The van der Waals surface area contributed by atoms with Gasteiger partial charge in [0.1, 0.15) is 5.82 Å². The zero-order valence-electron chi connectivity index (χ0n) is 10.6. The molecule has 0 saturated carbocycles. The minimum atomic E-state index is 0.146. The first-order valence-corrected chi connectivity index (χ1v) is 5.91. The zero-order chi connectivity index (χ0) is 12.4. The third kappa shape index (κ3) is 2.56. The molecule has 2 N–H and O–H groups in total. The van der Waals surface area contributed by atoms with Gasteiger partial charge in [-0.1, -0.05) is 18.2 Å². The number of hydrogen-bond donors (Lipinski definition) is 1. The summed E-state index contributed by atoms with van der Waals surface area (Å²) in [5.41, 5.74) is 8.04. The number of likely N-dealkylation sites (N-methyl/N-ethyl adjacent to an activating group) is 1. The fourth-order valence-electron chi connectivity index (χ4n) is 2.12. The van der Waals surface area contributed by atoms with Crippen LogP contribution in [0.3, 0.4) is 0 Å². The Morgan fingerprint density at radius 1 is 1.35 bits per heavy atom. The van der Waals surface area contributed by atoms with Crippen molar-refractivity contribution in [1.82, 2.24) is 4.98 Å². The molecule has 0 radical (unpaired) electrons. The molecular formula is C14H19N3. The highest BCUT2D eigenvalue weighted by molar-refractivity contribution is 5.81. The van der Waals surface area contributed by atoms with Crippen molar-refractivity contribution in [2.24, 2.45) is 5.73 Å². The molecule has 2 rings (SSSR count). The van der Waals surface area contributed by atoms with Gasteiger partial charge in [-0.15, -0.1) is 0 Å². The summed E-state index contributed by atoms with van der Waals surface area (Å²) in [6, 6.07) is 10.5. The lowest BCUT2D eigenvalue weighted by Crippen LogP contribution is -2.33. The van der Waals surface area contributed by atoms with Crippen molar-refractivity contribution < 1.29 is 0 Å². The number of fused-ring (bicyclic) bond motifs is 1. The minimum absolute atomic E-state index is 0.146. The van der Waals surface area contributed by atoms with Crippen molar-refractivity contribution in [3.8, 4) is 0 Å². The molecule has 0 aliphatic carbocycles. The maximum absolute atomic E-state index is 5.82. The molecule has 1 heterocycles. The van der Waals surface area contributed by atoms with Crippen LogP contribution in [0.1, 0.15) is 12.5 Å². The third-order valence-electron chi connectivity index (χ3n) is 2.81. The van der Waals surface area contributed by atoms with E-state index in [0.717, 1.165) is 17.9 Å². The van der Waals surface area contributed by atoms with E-state index in [1.54, 1.807) is 0 Å². The summed E-state index contributed by atoms with van der Waals surface area (Å²) in [5.74, 6) is 1.01. The van der Waals surface area contributed by atoms with Gasteiger partial charge in [-0.25, -0.2) is 4.98 Å². The Morgan fingerprint density at radius 3 is 2.76 bits per heavy atom. The summed E-state index contributed by atoms with van der Waals surface area (Å²) < 4.78 is 0. The van der Waals surface area contributed by atoms with Gasteiger partial charge in [-0.05, 0) is 31.5 Å². The predicted molar refractivity (Wildman–Crippen MR) is 73.4 cm³/mol. The van der Waals surface area contributed by atoms with E-state index in [2.05, 4.69) is 24.0 Å². The molecule has 1 aromatic heterocycles. The molecule has 0 aliphatic rings. The molecule has 1 unspecified atom stereocenters. The third-order valence-corrected chi connectivity index (χ3v) is 2.81. The first kappa shape index (κ1) is 11.9. The molecule has 0 aliphatic heterocycles. The number of para-hydroxylation sites is 1. The normalized spacial score (nSPS) is 12.7. The number of anilines is 1. The van der Waals surface area contributed by atoms with Crippen molar-refractivity contribution in [1.29, 1.82) is 0 Å². The Bertz CT molecular complexity index is 520. The second-order valence-electron chi connectivity index (χ2n) is 4.68. The lowest BCUT2D eigenvalue weighted by molar-refractivity contribution is 0.711. The van der Waals surface area contributed by atoms with Crippen LogP contribution >= 0.6 is 0 Å². The Morgan fingerprint density at radius 2 is 2.06 bits per heavy atom.